The van der Waals surface area contributed by atoms with E-state index in [4.69, 9.17) is 0 Å². The minimum Gasteiger partial charge on any atom is -0.373 e. The molecule has 0 radical (unpaired) electrons. The summed E-state index contributed by atoms with van der Waals surface area (Å²) in [6.45, 7) is 0.0794. The zero-order valence-electron chi connectivity index (χ0n) is 10.5. The Kier molecular flexibility index (Phi) is 3.76. The standard InChI is InChI=1S/C10H14N6O2S/c1-11-9-5-8(3-4-12-9)19(17,18)14-6-10-15-13-7-16(10)2/h3-5,7,14H,6H2,1-2H3,(H,11,12). The Bertz CT molecular complexity index is 666. The minimum absolute atomic E-state index is 0.0794. The molecule has 0 atom stereocenters. The first-order valence-electron chi connectivity index (χ1n) is 5.49. The Morgan fingerprint density at radius 3 is 2.84 bits per heavy atom. The molecule has 2 heterocycles. The van der Waals surface area contributed by atoms with Crippen LogP contribution in [0.4, 0.5) is 5.82 Å². The fourth-order valence-corrected chi connectivity index (χ4v) is 2.42. The molecular formula is C10H14N6O2S. The lowest BCUT2D eigenvalue weighted by Crippen LogP contribution is -2.24. The van der Waals surface area contributed by atoms with Crippen LogP contribution >= 0.6 is 0 Å². The first-order chi connectivity index (χ1) is 9.03. The highest BCUT2D eigenvalue weighted by Gasteiger charge is 2.15. The van der Waals surface area contributed by atoms with E-state index < -0.39 is 10.0 Å². The normalized spacial score (nSPS) is 11.5. The third-order valence-electron chi connectivity index (χ3n) is 2.52. The van der Waals surface area contributed by atoms with Crippen molar-refractivity contribution in [2.45, 2.75) is 11.4 Å². The Labute approximate surface area is 110 Å². The monoisotopic (exact) mass is 282 g/mol. The number of hydrogen-bond donors (Lipinski definition) is 2. The summed E-state index contributed by atoms with van der Waals surface area (Å²) in [7, 11) is -0.179. The van der Waals surface area contributed by atoms with Gasteiger partial charge in [-0.25, -0.2) is 18.1 Å². The average molecular weight is 282 g/mol. The minimum atomic E-state index is -3.60. The molecule has 0 aliphatic rings. The van der Waals surface area contributed by atoms with Crippen molar-refractivity contribution in [3.05, 3.63) is 30.5 Å². The van der Waals surface area contributed by atoms with Gasteiger partial charge in [-0.3, -0.25) is 0 Å². The first-order valence-corrected chi connectivity index (χ1v) is 6.97. The van der Waals surface area contributed by atoms with Gasteiger partial charge in [-0.05, 0) is 6.07 Å². The molecule has 0 unspecified atom stereocenters. The maximum absolute atomic E-state index is 12.1. The van der Waals surface area contributed by atoms with Crippen molar-refractivity contribution in [2.75, 3.05) is 12.4 Å². The lowest BCUT2D eigenvalue weighted by atomic mass is 10.5. The van der Waals surface area contributed by atoms with Crippen molar-refractivity contribution in [3.8, 4) is 0 Å². The predicted molar refractivity (Wildman–Crippen MR) is 68.8 cm³/mol. The Balaban J connectivity index is 2.16. The van der Waals surface area contributed by atoms with Gasteiger partial charge < -0.3 is 9.88 Å². The Hall–Kier alpha value is -2.00. The third-order valence-corrected chi connectivity index (χ3v) is 3.92. The quantitative estimate of drug-likeness (QED) is 0.782. The molecule has 0 bridgehead atoms. The molecule has 0 amide bonds. The number of nitrogens with zero attached hydrogens (tertiary/aromatic N) is 4. The van der Waals surface area contributed by atoms with Crippen LogP contribution in [0.25, 0.3) is 0 Å². The number of aryl methyl sites for hydroxylation is 1. The van der Waals surface area contributed by atoms with E-state index in [0.717, 1.165) is 0 Å². The smallest absolute Gasteiger partial charge is 0.241 e. The van der Waals surface area contributed by atoms with Gasteiger partial charge in [-0.2, -0.15) is 0 Å². The van der Waals surface area contributed by atoms with Crippen LogP contribution in [0.5, 0.6) is 0 Å². The van der Waals surface area contributed by atoms with Crippen molar-refractivity contribution >= 4 is 15.8 Å². The number of aromatic nitrogens is 4. The van der Waals surface area contributed by atoms with Crippen LogP contribution < -0.4 is 10.0 Å². The number of pyridine rings is 1. The van der Waals surface area contributed by atoms with Gasteiger partial charge >= 0.3 is 0 Å². The van der Waals surface area contributed by atoms with E-state index in [9.17, 15) is 8.42 Å². The molecule has 0 aromatic carbocycles. The summed E-state index contributed by atoms with van der Waals surface area (Å²) < 4.78 is 28.3. The molecule has 2 aromatic heterocycles. The van der Waals surface area contributed by atoms with Gasteiger partial charge in [-0.1, -0.05) is 0 Å². The predicted octanol–water partition coefficient (Wildman–Crippen LogP) is -0.270. The van der Waals surface area contributed by atoms with Gasteiger partial charge in [0, 0.05) is 26.4 Å². The van der Waals surface area contributed by atoms with Crippen LogP contribution in [0.15, 0.2) is 29.6 Å². The SMILES string of the molecule is CNc1cc(S(=O)(=O)NCc2nncn2C)ccn1. The second-order valence-corrected chi connectivity index (χ2v) is 5.58. The summed E-state index contributed by atoms with van der Waals surface area (Å²) in [5, 5.41) is 10.3. The highest BCUT2D eigenvalue weighted by Crippen LogP contribution is 2.12. The van der Waals surface area contributed by atoms with Crippen LogP contribution in [-0.2, 0) is 23.6 Å². The summed E-state index contributed by atoms with van der Waals surface area (Å²) in [6, 6.07) is 2.89. The first kappa shape index (κ1) is 13.4. The molecular weight excluding hydrogens is 268 g/mol. The molecule has 0 fully saturated rings. The molecule has 9 heteroatoms. The molecule has 102 valence electrons. The largest absolute Gasteiger partial charge is 0.373 e. The molecule has 0 aliphatic heterocycles. The van der Waals surface area contributed by atoms with Crippen molar-refractivity contribution in [2.24, 2.45) is 7.05 Å². The summed E-state index contributed by atoms with van der Waals surface area (Å²) in [4.78, 5) is 4.11. The second kappa shape index (κ2) is 5.33. The number of rotatable bonds is 5. The number of anilines is 1. The zero-order valence-corrected chi connectivity index (χ0v) is 11.3. The van der Waals surface area contributed by atoms with E-state index in [2.05, 4.69) is 25.2 Å². The van der Waals surface area contributed by atoms with E-state index in [0.29, 0.717) is 11.6 Å². The van der Waals surface area contributed by atoms with Gasteiger partial charge in [-0.15, -0.1) is 10.2 Å². The van der Waals surface area contributed by atoms with Gasteiger partial charge in [0.2, 0.25) is 10.0 Å². The topological polar surface area (TPSA) is 102 Å². The van der Waals surface area contributed by atoms with Gasteiger partial charge in [0.25, 0.3) is 0 Å². The maximum atomic E-state index is 12.1. The van der Waals surface area contributed by atoms with Crippen LogP contribution in [0.2, 0.25) is 0 Å². The molecule has 8 nitrogen and oxygen atoms in total. The Morgan fingerprint density at radius 1 is 1.42 bits per heavy atom. The van der Waals surface area contributed by atoms with Crippen molar-refractivity contribution in [1.29, 1.82) is 0 Å². The summed E-state index contributed by atoms with van der Waals surface area (Å²) in [5.74, 6) is 1.02. The highest BCUT2D eigenvalue weighted by atomic mass is 32.2. The highest BCUT2D eigenvalue weighted by molar-refractivity contribution is 7.89. The maximum Gasteiger partial charge on any atom is 0.241 e. The molecule has 0 saturated carbocycles. The van der Waals surface area contributed by atoms with Crippen LogP contribution in [-0.4, -0.2) is 35.2 Å². The molecule has 19 heavy (non-hydrogen) atoms. The van der Waals surface area contributed by atoms with Crippen molar-refractivity contribution in [1.82, 2.24) is 24.5 Å². The Morgan fingerprint density at radius 2 is 2.21 bits per heavy atom. The zero-order chi connectivity index (χ0) is 13.9. The second-order valence-electron chi connectivity index (χ2n) is 3.81. The van der Waals surface area contributed by atoms with Crippen LogP contribution in [0.3, 0.4) is 0 Å². The molecule has 2 rings (SSSR count). The van der Waals surface area contributed by atoms with Crippen molar-refractivity contribution in [3.63, 3.8) is 0 Å². The van der Waals surface area contributed by atoms with Crippen LogP contribution in [0, 0.1) is 0 Å². The number of sulfonamides is 1. The van der Waals surface area contributed by atoms with E-state index >= 15 is 0 Å². The van der Waals surface area contributed by atoms with E-state index in [-0.39, 0.29) is 11.4 Å². The van der Waals surface area contributed by atoms with Gasteiger partial charge in [0.05, 0.1) is 11.4 Å². The molecule has 2 N–H and O–H groups in total. The van der Waals surface area contributed by atoms with E-state index in [1.165, 1.54) is 24.7 Å². The molecule has 0 aliphatic carbocycles. The van der Waals surface area contributed by atoms with Crippen LogP contribution in [0.1, 0.15) is 5.82 Å². The molecule has 2 aromatic rings. The van der Waals surface area contributed by atoms with E-state index in [1.807, 2.05) is 0 Å². The van der Waals surface area contributed by atoms with Crippen molar-refractivity contribution < 1.29 is 8.42 Å². The lowest BCUT2D eigenvalue weighted by Gasteiger charge is -2.07. The fourth-order valence-electron chi connectivity index (χ4n) is 1.43. The summed E-state index contributed by atoms with van der Waals surface area (Å²) in [5.41, 5.74) is 0. The van der Waals surface area contributed by atoms with E-state index in [1.54, 1.807) is 18.7 Å². The average Bonchev–Trinajstić information content (AvgIpc) is 2.82. The molecule has 0 spiro atoms. The van der Waals surface area contributed by atoms with Gasteiger partial charge in [0.1, 0.15) is 18.0 Å². The lowest BCUT2D eigenvalue weighted by molar-refractivity contribution is 0.577. The number of hydrogen-bond acceptors (Lipinski definition) is 6. The summed E-state index contributed by atoms with van der Waals surface area (Å²) in [6.07, 6.45) is 2.94. The number of nitrogens with one attached hydrogen (secondary N) is 2. The fraction of sp³-hybridized carbons (Fsp3) is 0.300. The summed E-state index contributed by atoms with van der Waals surface area (Å²) >= 11 is 0. The van der Waals surface area contributed by atoms with Gasteiger partial charge in [0.15, 0.2) is 0 Å². The third kappa shape index (κ3) is 3.06. The molecule has 0 saturated heterocycles.